The summed E-state index contributed by atoms with van der Waals surface area (Å²) in [5.41, 5.74) is 0.269. The number of amides is 1. The number of nitriles is 1. The van der Waals surface area contributed by atoms with Crippen LogP contribution in [-0.4, -0.2) is 11.7 Å². The van der Waals surface area contributed by atoms with Crippen molar-refractivity contribution < 1.29 is 9.53 Å². The number of carbonyl (C=O) groups is 1. The number of carbonyl (C=O) groups excluding carboxylic acids is 1. The lowest BCUT2D eigenvalue weighted by Crippen LogP contribution is -2.34. The third-order valence-corrected chi connectivity index (χ3v) is 3.79. The highest BCUT2D eigenvalue weighted by molar-refractivity contribution is 6.31. The van der Waals surface area contributed by atoms with Crippen LogP contribution in [-0.2, 0) is 10.2 Å². The highest BCUT2D eigenvalue weighted by Gasteiger charge is 2.41. The van der Waals surface area contributed by atoms with Gasteiger partial charge in [0.15, 0.2) is 0 Å². The van der Waals surface area contributed by atoms with Gasteiger partial charge in [-0.3, -0.25) is 5.32 Å². The van der Waals surface area contributed by atoms with Gasteiger partial charge in [0, 0.05) is 5.02 Å². The second kappa shape index (κ2) is 5.57. The van der Waals surface area contributed by atoms with Gasteiger partial charge in [0.05, 0.1) is 17.2 Å². The molecule has 0 radical (unpaired) electrons. The van der Waals surface area contributed by atoms with Gasteiger partial charge in [-0.05, 0) is 57.7 Å². The Balaban J connectivity index is 2.29. The van der Waals surface area contributed by atoms with E-state index in [1.165, 1.54) is 0 Å². The summed E-state index contributed by atoms with van der Waals surface area (Å²) in [5, 5.41) is 12.7. The number of nitrogens with zero attached hydrogens (tertiary/aromatic N) is 1. The Kier molecular flexibility index (Phi) is 4.15. The van der Waals surface area contributed by atoms with Crippen LogP contribution in [0.15, 0.2) is 18.2 Å². The molecule has 0 aliphatic heterocycles. The van der Waals surface area contributed by atoms with Crippen LogP contribution in [0.3, 0.4) is 0 Å². The molecule has 0 saturated heterocycles. The van der Waals surface area contributed by atoms with Crippen LogP contribution >= 0.6 is 11.6 Å². The summed E-state index contributed by atoms with van der Waals surface area (Å²) in [5.74, 6) is 0. The molecule has 1 amide bonds. The van der Waals surface area contributed by atoms with Gasteiger partial charge in [-0.2, -0.15) is 5.26 Å². The third kappa shape index (κ3) is 3.48. The number of hydrogen-bond acceptors (Lipinski definition) is 3. The molecule has 0 atom stereocenters. The van der Waals surface area contributed by atoms with E-state index in [2.05, 4.69) is 11.4 Å². The molecule has 0 bridgehead atoms. The lowest BCUT2D eigenvalue weighted by Gasteiger charge is -2.37. The zero-order valence-corrected chi connectivity index (χ0v) is 13.3. The first-order valence-electron chi connectivity index (χ1n) is 6.97. The topological polar surface area (TPSA) is 62.1 Å². The van der Waals surface area contributed by atoms with Crippen LogP contribution in [0.5, 0.6) is 0 Å². The Morgan fingerprint density at radius 1 is 1.43 bits per heavy atom. The molecule has 4 nitrogen and oxygen atoms in total. The summed E-state index contributed by atoms with van der Waals surface area (Å²) in [6.45, 7) is 5.40. The average molecular weight is 307 g/mol. The Morgan fingerprint density at radius 2 is 2.10 bits per heavy atom. The zero-order valence-electron chi connectivity index (χ0n) is 12.5. The molecular formula is C16H19ClN2O2. The molecule has 1 aromatic rings. The van der Waals surface area contributed by atoms with E-state index >= 15 is 0 Å². The molecule has 112 valence electrons. The fourth-order valence-electron chi connectivity index (χ4n) is 2.42. The van der Waals surface area contributed by atoms with Crippen molar-refractivity contribution >= 4 is 23.4 Å². The SMILES string of the molecule is CC(C)(C)OC(=O)Nc1cc(Cl)ccc1C1(C#N)CCC1. The molecule has 1 N–H and O–H groups in total. The molecule has 2 rings (SSSR count). The summed E-state index contributed by atoms with van der Waals surface area (Å²) in [4.78, 5) is 12.0. The number of anilines is 1. The second-order valence-electron chi connectivity index (χ2n) is 6.36. The maximum Gasteiger partial charge on any atom is 0.412 e. The predicted molar refractivity (Wildman–Crippen MR) is 82.5 cm³/mol. The standard InChI is InChI=1S/C16H19ClN2O2/c1-15(2,3)21-14(20)19-13-9-11(17)5-6-12(13)16(10-18)7-4-8-16/h5-6,9H,4,7-8H2,1-3H3,(H,19,20). The van der Waals surface area contributed by atoms with Crippen molar-refractivity contribution in [3.05, 3.63) is 28.8 Å². The van der Waals surface area contributed by atoms with E-state index in [4.69, 9.17) is 16.3 Å². The van der Waals surface area contributed by atoms with Gasteiger partial charge in [-0.1, -0.05) is 17.7 Å². The van der Waals surface area contributed by atoms with Gasteiger partial charge >= 0.3 is 6.09 Å². The van der Waals surface area contributed by atoms with E-state index in [9.17, 15) is 10.1 Å². The summed E-state index contributed by atoms with van der Waals surface area (Å²) in [7, 11) is 0. The van der Waals surface area contributed by atoms with E-state index in [0.717, 1.165) is 24.8 Å². The fourth-order valence-corrected chi connectivity index (χ4v) is 2.59. The first kappa shape index (κ1) is 15.7. The highest BCUT2D eigenvalue weighted by Crippen LogP contribution is 2.46. The monoisotopic (exact) mass is 306 g/mol. The van der Waals surface area contributed by atoms with Crippen LogP contribution in [0, 0.1) is 11.3 Å². The lowest BCUT2D eigenvalue weighted by molar-refractivity contribution is 0.0635. The molecule has 21 heavy (non-hydrogen) atoms. The molecule has 1 saturated carbocycles. The van der Waals surface area contributed by atoms with Gasteiger partial charge in [0.2, 0.25) is 0 Å². The van der Waals surface area contributed by atoms with Crippen molar-refractivity contribution in [1.29, 1.82) is 5.26 Å². The third-order valence-electron chi connectivity index (χ3n) is 3.55. The van der Waals surface area contributed by atoms with E-state index in [-0.39, 0.29) is 0 Å². The Bertz CT molecular complexity index is 595. The zero-order chi connectivity index (χ0) is 15.7. The van der Waals surface area contributed by atoms with Crippen LogP contribution in [0.25, 0.3) is 0 Å². The van der Waals surface area contributed by atoms with Crippen molar-refractivity contribution in [2.45, 2.75) is 51.0 Å². The maximum absolute atomic E-state index is 12.0. The summed E-state index contributed by atoms with van der Waals surface area (Å²) < 4.78 is 5.26. The molecule has 1 aliphatic rings. The van der Waals surface area contributed by atoms with Crippen LogP contribution < -0.4 is 5.32 Å². The van der Waals surface area contributed by atoms with Gasteiger partial charge in [0.25, 0.3) is 0 Å². The Hall–Kier alpha value is -1.73. The minimum Gasteiger partial charge on any atom is -0.444 e. The summed E-state index contributed by atoms with van der Waals surface area (Å²) in [6.07, 6.45) is 2.07. The molecule has 0 aromatic heterocycles. The van der Waals surface area contributed by atoms with Crippen molar-refractivity contribution in [1.82, 2.24) is 0 Å². The number of nitrogens with one attached hydrogen (secondary N) is 1. The van der Waals surface area contributed by atoms with Gasteiger partial charge in [-0.25, -0.2) is 4.79 Å². The highest BCUT2D eigenvalue weighted by atomic mass is 35.5. The minimum absolute atomic E-state index is 0.511. The smallest absolute Gasteiger partial charge is 0.412 e. The van der Waals surface area contributed by atoms with E-state index in [1.54, 1.807) is 32.9 Å². The largest absolute Gasteiger partial charge is 0.444 e. The second-order valence-corrected chi connectivity index (χ2v) is 6.80. The molecular weight excluding hydrogens is 288 g/mol. The quantitative estimate of drug-likeness (QED) is 0.866. The summed E-state index contributed by atoms with van der Waals surface area (Å²) in [6, 6.07) is 7.60. The van der Waals surface area contributed by atoms with E-state index in [0.29, 0.717) is 10.7 Å². The predicted octanol–water partition coefficient (Wildman–Crippen LogP) is 4.63. The number of rotatable bonds is 2. The van der Waals surface area contributed by atoms with Crippen LogP contribution in [0.4, 0.5) is 10.5 Å². The van der Waals surface area contributed by atoms with Crippen molar-refractivity contribution in [3.8, 4) is 6.07 Å². The van der Waals surface area contributed by atoms with Crippen molar-refractivity contribution in [2.75, 3.05) is 5.32 Å². The number of ether oxygens (including phenoxy) is 1. The molecule has 1 fully saturated rings. The first-order chi connectivity index (χ1) is 9.76. The molecule has 1 aromatic carbocycles. The van der Waals surface area contributed by atoms with Gasteiger partial charge in [0.1, 0.15) is 5.60 Å². The molecule has 0 heterocycles. The maximum atomic E-state index is 12.0. The summed E-state index contributed by atoms with van der Waals surface area (Å²) >= 11 is 6.01. The van der Waals surface area contributed by atoms with E-state index < -0.39 is 17.1 Å². The minimum atomic E-state index is -0.577. The molecule has 1 aliphatic carbocycles. The average Bonchev–Trinajstić information content (AvgIpc) is 2.28. The number of hydrogen-bond donors (Lipinski definition) is 1. The number of benzene rings is 1. The van der Waals surface area contributed by atoms with E-state index in [1.807, 2.05) is 6.07 Å². The molecule has 0 spiro atoms. The molecule has 0 unspecified atom stereocenters. The van der Waals surface area contributed by atoms with Crippen molar-refractivity contribution in [2.24, 2.45) is 0 Å². The van der Waals surface area contributed by atoms with Gasteiger partial charge < -0.3 is 4.74 Å². The number of halogens is 1. The van der Waals surface area contributed by atoms with Gasteiger partial charge in [-0.15, -0.1) is 0 Å². The normalized spacial score (nSPS) is 16.5. The Labute approximate surface area is 130 Å². The molecule has 5 heteroatoms. The fraction of sp³-hybridized carbons (Fsp3) is 0.500. The van der Waals surface area contributed by atoms with Crippen molar-refractivity contribution in [3.63, 3.8) is 0 Å². The van der Waals surface area contributed by atoms with Crippen LogP contribution in [0.1, 0.15) is 45.6 Å². The Morgan fingerprint density at radius 3 is 2.57 bits per heavy atom. The first-order valence-corrected chi connectivity index (χ1v) is 7.35. The van der Waals surface area contributed by atoms with Crippen LogP contribution in [0.2, 0.25) is 5.02 Å². The lowest BCUT2D eigenvalue weighted by atomic mass is 9.65.